The van der Waals surface area contributed by atoms with Gasteiger partial charge in [-0.1, -0.05) is 20.8 Å². The molecule has 0 spiro atoms. The number of hydrogen-bond acceptors (Lipinski definition) is 4. The van der Waals surface area contributed by atoms with Gasteiger partial charge in [0, 0.05) is 29.4 Å². The number of anilines is 1. The number of halogens is 1. The second kappa shape index (κ2) is 9.22. The molecule has 0 saturated carbocycles. The third kappa shape index (κ3) is 6.27. The Balaban J connectivity index is 0.00000288. The first-order chi connectivity index (χ1) is 10.9. The Labute approximate surface area is 164 Å². The van der Waals surface area contributed by atoms with Crippen molar-refractivity contribution in [3.05, 3.63) is 40.3 Å². The zero-order valence-electron chi connectivity index (χ0n) is 14.5. The number of nitrogens with zero attached hydrogens (tertiary/aromatic N) is 2. The van der Waals surface area contributed by atoms with Crippen LogP contribution in [0, 0.1) is 0 Å². The molecule has 0 aliphatic rings. The van der Waals surface area contributed by atoms with E-state index in [-0.39, 0.29) is 29.4 Å². The Bertz CT molecular complexity index is 662. The van der Waals surface area contributed by atoms with Gasteiger partial charge in [0.15, 0.2) is 5.96 Å². The van der Waals surface area contributed by atoms with Crippen LogP contribution in [0.2, 0.25) is 0 Å². The Morgan fingerprint density at radius 3 is 2.50 bits per heavy atom. The van der Waals surface area contributed by atoms with Crippen LogP contribution in [0.1, 0.15) is 31.5 Å². The van der Waals surface area contributed by atoms with E-state index >= 15 is 0 Å². The van der Waals surface area contributed by atoms with E-state index in [0.29, 0.717) is 12.5 Å². The molecule has 132 valence electrons. The summed E-state index contributed by atoms with van der Waals surface area (Å²) in [5, 5.41) is 6.28. The van der Waals surface area contributed by atoms with Crippen molar-refractivity contribution in [2.75, 3.05) is 19.0 Å². The van der Waals surface area contributed by atoms with Crippen molar-refractivity contribution in [3.63, 3.8) is 0 Å². The van der Waals surface area contributed by atoms with Gasteiger partial charge in [0.05, 0.1) is 17.8 Å². The topological polar surface area (TPSA) is 72.5 Å². The molecular formula is C17H25IN4OS. The van der Waals surface area contributed by atoms with Crippen molar-refractivity contribution in [3.8, 4) is 5.75 Å². The number of ether oxygens (including phenoxy) is 1. The molecule has 1 aromatic heterocycles. The smallest absolute Gasteiger partial charge is 0.193 e. The van der Waals surface area contributed by atoms with Gasteiger partial charge in [0.1, 0.15) is 5.75 Å². The van der Waals surface area contributed by atoms with Crippen molar-refractivity contribution in [2.24, 2.45) is 10.7 Å². The quantitative estimate of drug-likeness (QED) is 0.402. The molecule has 0 fully saturated rings. The minimum atomic E-state index is 0. The number of guanidine groups is 1. The van der Waals surface area contributed by atoms with Crippen molar-refractivity contribution >= 4 is 47.0 Å². The molecule has 0 saturated heterocycles. The van der Waals surface area contributed by atoms with Crippen molar-refractivity contribution in [2.45, 2.75) is 32.6 Å². The molecule has 0 aliphatic heterocycles. The average molecular weight is 460 g/mol. The van der Waals surface area contributed by atoms with Crippen molar-refractivity contribution < 1.29 is 4.74 Å². The third-order valence-electron chi connectivity index (χ3n) is 3.29. The lowest BCUT2D eigenvalue weighted by Crippen LogP contribution is -2.23. The number of nitrogens with two attached hydrogens (primary N) is 1. The molecule has 3 N–H and O–H groups in total. The summed E-state index contributed by atoms with van der Waals surface area (Å²) in [6, 6.07) is 7.55. The predicted molar refractivity (Wildman–Crippen MR) is 113 cm³/mol. The highest BCUT2D eigenvalue weighted by molar-refractivity contribution is 14.0. The normalized spacial score (nSPS) is 11.8. The molecule has 0 bridgehead atoms. The van der Waals surface area contributed by atoms with Crippen molar-refractivity contribution in [1.82, 2.24) is 4.98 Å². The molecule has 0 unspecified atom stereocenters. The zero-order valence-corrected chi connectivity index (χ0v) is 17.6. The highest BCUT2D eigenvalue weighted by Gasteiger charge is 2.17. The van der Waals surface area contributed by atoms with Crippen LogP contribution >= 0.6 is 35.3 Å². The van der Waals surface area contributed by atoms with Gasteiger partial charge < -0.3 is 15.8 Å². The Morgan fingerprint density at radius 1 is 1.29 bits per heavy atom. The maximum absolute atomic E-state index is 5.91. The molecule has 7 heteroatoms. The van der Waals surface area contributed by atoms with Gasteiger partial charge in [0.25, 0.3) is 0 Å². The minimum Gasteiger partial charge on any atom is -0.497 e. The van der Waals surface area contributed by atoms with Crippen LogP contribution < -0.4 is 15.8 Å². The summed E-state index contributed by atoms with van der Waals surface area (Å²) in [5.74, 6) is 1.22. The number of hydrogen-bond donors (Lipinski definition) is 2. The number of methoxy groups -OCH3 is 1. The second-order valence-electron chi connectivity index (χ2n) is 6.25. The summed E-state index contributed by atoms with van der Waals surface area (Å²) in [5.41, 5.74) is 8.01. The maximum atomic E-state index is 5.91. The molecule has 24 heavy (non-hydrogen) atoms. The lowest BCUT2D eigenvalue weighted by atomic mass is 9.93. The highest BCUT2D eigenvalue weighted by atomic mass is 127. The van der Waals surface area contributed by atoms with Gasteiger partial charge >= 0.3 is 0 Å². The van der Waals surface area contributed by atoms with Gasteiger partial charge in [-0.2, -0.15) is 0 Å². The second-order valence-corrected chi connectivity index (χ2v) is 7.19. The summed E-state index contributed by atoms with van der Waals surface area (Å²) in [4.78, 5) is 9.00. The van der Waals surface area contributed by atoms with Crippen LogP contribution in [-0.4, -0.2) is 24.6 Å². The first kappa shape index (κ1) is 20.7. The molecule has 0 radical (unpaired) electrons. The van der Waals surface area contributed by atoms with Gasteiger partial charge in [-0.3, -0.25) is 4.99 Å². The number of thiazole rings is 1. The summed E-state index contributed by atoms with van der Waals surface area (Å²) < 4.78 is 5.12. The molecule has 2 aromatic rings. The maximum Gasteiger partial charge on any atom is 0.193 e. The summed E-state index contributed by atoms with van der Waals surface area (Å²) in [6.07, 6.45) is 0.797. The molecular weight excluding hydrogens is 435 g/mol. The van der Waals surface area contributed by atoms with Crippen LogP contribution in [-0.2, 0) is 11.8 Å². The van der Waals surface area contributed by atoms with E-state index in [1.807, 2.05) is 24.3 Å². The number of rotatable bonds is 5. The predicted octanol–water partition coefficient (Wildman–Crippen LogP) is 4.04. The fourth-order valence-corrected chi connectivity index (χ4v) is 2.92. The van der Waals surface area contributed by atoms with E-state index in [1.165, 1.54) is 0 Å². The molecule has 2 rings (SSSR count). The third-order valence-corrected chi connectivity index (χ3v) is 4.20. The highest BCUT2D eigenvalue weighted by Crippen LogP contribution is 2.24. The average Bonchev–Trinajstić information content (AvgIpc) is 2.97. The standard InChI is InChI=1S/C17H24N4OS.HI/c1-17(2,3)14-11-23-15(21-14)9-10-19-16(18)20-12-5-7-13(22-4)8-6-12;/h5-8,11H,9-10H2,1-4H3,(H3,18,19,20);1H. The van der Waals surface area contributed by atoms with Gasteiger partial charge in [-0.15, -0.1) is 35.3 Å². The van der Waals surface area contributed by atoms with Crippen LogP contribution in [0.3, 0.4) is 0 Å². The van der Waals surface area contributed by atoms with Crippen LogP contribution in [0.4, 0.5) is 5.69 Å². The number of aromatic nitrogens is 1. The lowest BCUT2D eigenvalue weighted by Gasteiger charge is -2.14. The van der Waals surface area contributed by atoms with Gasteiger partial charge in [0.2, 0.25) is 0 Å². The molecule has 0 amide bonds. The fraction of sp³-hybridized carbons (Fsp3) is 0.412. The summed E-state index contributed by atoms with van der Waals surface area (Å²) in [7, 11) is 1.64. The van der Waals surface area contributed by atoms with E-state index in [9.17, 15) is 0 Å². The zero-order chi connectivity index (χ0) is 16.9. The SMILES string of the molecule is COc1ccc(NC(N)=NCCc2nc(C(C)(C)C)cs2)cc1.I. The fourth-order valence-electron chi connectivity index (χ4n) is 1.90. The van der Waals surface area contributed by atoms with E-state index < -0.39 is 0 Å². The molecule has 1 heterocycles. The van der Waals surface area contributed by atoms with E-state index in [4.69, 9.17) is 10.5 Å². The Hall–Kier alpha value is -1.35. The summed E-state index contributed by atoms with van der Waals surface area (Å²) >= 11 is 1.68. The van der Waals surface area contributed by atoms with Gasteiger partial charge in [-0.25, -0.2) is 4.98 Å². The largest absolute Gasteiger partial charge is 0.497 e. The monoisotopic (exact) mass is 460 g/mol. The van der Waals surface area contributed by atoms with E-state index in [1.54, 1.807) is 18.4 Å². The van der Waals surface area contributed by atoms with Gasteiger partial charge in [-0.05, 0) is 24.3 Å². The Kier molecular flexibility index (Phi) is 7.95. The van der Waals surface area contributed by atoms with Crippen molar-refractivity contribution in [1.29, 1.82) is 0 Å². The van der Waals surface area contributed by atoms with Crippen LogP contribution in [0.15, 0.2) is 34.6 Å². The van der Waals surface area contributed by atoms with E-state index in [2.05, 4.69) is 41.4 Å². The Morgan fingerprint density at radius 2 is 1.96 bits per heavy atom. The molecule has 0 aliphatic carbocycles. The first-order valence-corrected chi connectivity index (χ1v) is 8.42. The number of benzene rings is 1. The molecule has 1 aromatic carbocycles. The summed E-state index contributed by atoms with van der Waals surface area (Å²) in [6.45, 7) is 7.12. The number of nitrogens with one attached hydrogen (secondary N) is 1. The number of aliphatic imine (C=N–C) groups is 1. The first-order valence-electron chi connectivity index (χ1n) is 7.54. The lowest BCUT2D eigenvalue weighted by molar-refractivity contribution is 0.415. The van der Waals surface area contributed by atoms with Crippen LogP contribution in [0.25, 0.3) is 0 Å². The molecule has 0 atom stereocenters. The van der Waals surface area contributed by atoms with Crippen LogP contribution in [0.5, 0.6) is 5.75 Å². The van der Waals surface area contributed by atoms with E-state index in [0.717, 1.165) is 28.6 Å². The molecule has 5 nitrogen and oxygen atoms in total. The minimum absolute atomic E-state index is 0.